The molecule has 1 amide bonds. The van der Waals surface area contributed by atoms with E-state index in [0.717, 1.165) is 11.8 Å². The van der Waals surface area contributed by atoms with Gasteiger partial charge in [0, 0.05) is 12.7 Å². The summed E-state index contributed by atoms with van der Waals surface area (Å²) in [5.74, 6) is -1.47. The lowest BCUT2D eigenvalue weighted by Crippen LogP contribution is -2.18. The first-order chi connectivity index (χ1) is 15.0. The fourth-order valence-corrected chi connectivity index (χ4v) is 3.61. The Balaban J connectivity index is 1.99. The number of primary amides is 1. The topological polar surface area (TPSA) is 156 Å². The van der Waals surface area contributed by atoms with Gasteiger partial charge in [0.15, 0.2) is 0 Å². The molecule has 0 aliphatic rings. The van der Waals surface area contributed by atoms with Crippen LogP contribution in [0.15, 0.2) is 53.6 Å². The minimum Gasteiger partial charge on any atom is -0.365 e. The first-order valence-corrected chi connectivity index (χ1v) is 10.8. The van der Waals surface area contributed by atoms with E-state index in [0.29, 0.717) is 6.54 Å². The first kappa shape index (κ1) is 23.1. The zero-order valence-corrected chi connectivity index (χ0v) is 18.1. The second-order valence-corrected chi connectivity index (χ2v) is 8.69. The predicted molar refractivity (Wildman–Crippen MR) is 119 cm³/mol. The van der Waals surface area contributed by atoms with Gasteiger partial charge in [0.05, 0.1) is 11.4 Å². The molecule has 0 aliphatic carbocycles. The van der Waals surface area contributed by atoms with E-state index >= 15 is 0 Å². The molecule has 0 unspecified atom stereocenters. The van der Waals surface area contributed by atoms with Gasteiger partial charge in [-0.2, -0.15) is 4.98 Å². The Morgan fingerprint density at radius 1 is 1.12 bits per heavy atom. The maximum atomic E-state index is 14.3. The number of hydrogen-bond donors (Lipinski definition) is 4. The monoisotopic (exact) mass is 459 g/mol. The van der Waals surface area contributed by atoms with E-state index in [1.165, 1.54) is 24.3 Å². The number of para-hydroxylation sites is 1. The van der Waals surface area contributed by atoms with Crippen molar-refractivity contribution in [3.63, 3.8) is 0 Å². The standard InChI is InChI=1S/C20H22FN7O3S/c1-28(2)11-12-7-8-14(21)16(9-12)26-20-24-10-13(18(22)29)19(27-20)25-15-5-3-4-6-17(15)32(23,30)31/h3-10H,11H2,1-2H3,(H2,22,29)(H2,23,30,31)(H2,24,25,26,27). The number of halogens is 1. The van der Waals surface area contributed by atoms with Crippen LogP contribution in [0.25, 0.3) is 0 Å². The number of amides is 1. The molecule has 0 radical (unpaired) electrons. The summed E-state index contributed by atoms with van der Waals surface area (Å²) >= 11 is 0. The lowest BCUT2D eigenvalue weighted by Gasteiger charge is -2.15. The maximum Gasteiger partial charge on any atom is 0.254 e. The van der Waals surface area contributed by atoms with Crippen LogP contribution in [0.4, 0.5) is 27.5 Å². The van der Waals surface area contributed by atoms with E-state index in [9.17, 15) is 17.6 Å². The first-order valence-electron chi connectivity index (χ1n) is 9.30. The number of carbonyl (C=O) groups is 1. The summed E-state index contributed by atoms with van der Waals surface area (Å²) in [5.41, 5.74) is 6.37. The Hall–Kier alpha value is -3.61. The normalized spacial score (nSPS) is 11.4. The molecule has 3 aromatic rings. The van der Waals surface area contributed by atoms with Crippen LogP contribution >= 0.6 is 0 Å². The summed E-state index contributed by atoms with van der Waals surface area (Å²) in [7, 11) is -0.280. The molecule has 1 heterocycles. The SMILES string of the molecule is CN(C)Cc1ccc(F)c(Nc2ncc(C(N)=O)c(Nc3ccccc3S(N)(=O)=O)n2)c1. The van der Waals surface area contributed by atoms with Crippen LogP contribution in [0.2, 0.25) is 0 Å². The quantitative estimate of drug-likeness (QED) is 0.398. The largest absolute Gasteiger partial charge is 0.365 e. The third-order valence-corrected chi connectivity index (χ3v) is 5.25. The van der Waals surface area contributed by atoms with Gasteiger partial charge < -0.3 is 21.3 Å². The number of carbonyl (C=O) groups excluding carboxylic acids is 1. The van der Waals surface area contributed by atoms with Crippen molar-refractivity contribution in [2.45, 2.75) is 11.4 Å². The van der Waals surface area contributed by atoms with E-state index in [2.05, 4.69) is 20.6 Å². The fourth-order valence-electron chi connectivity index (χ4n) is 2.92. The van der Waals surface area contributed by atoms with E-state index in [4.69, 9.17) is 10.9 Å². The molecule has 0 fully saturated rings. The maximum absolute atomic E-state index is 14.3. The molecule has 10 nitrogen and oxygen atoms in total. The van der Waals surface area contributed by atoms with Crippen LogP contribution in [0.3, 0.4) is 0 Å². The average Bonchev–Trinajstić information content (AvgIpc) is 2.70. The minimum atomic E-state index is -4.06. The Kier molecular flexibility index (Phi) is 6.67. The van der Waals surface area contributed by atoms with Crippen molar-refractivity contribution in [2.24, 2.45) is 10.9 Å². The molecule has 2 aromatic carbocycles. The van der Waals surface area contributed by atoms with E-state index in [1.807, 2.05) is 19.0 Å². The number of rotatable bonds is 8. The third kappa shape index (κ3) is 5.55. The van der Waals surface area contributed by atoms with Gasteiger partial charge in [-0.1, -0.05) is 18.2 Å². The molecule has 0 saturated carbocycles. The highest BCUT2D eigenvalue weighted by atomic mass is 32.2. The van der Waals surface area contributed by atoms with Gasteiger partial charge >= 0.3 is 0 Å². The molecule has 0 saturated heterocycles. The zero-order chi connectivity index (χ0) is 23.5. The lowest BCUT2D eigenvalue weighted by atomic mass is 10.2. The Bertz CT molecular complexity index is 1270. The van der Waals surface area contributed by atoms with Gasteiger partial charge in [-0.05, 0) is 43.9 Å². The summed E-state index contributed by atoms with van der Waals surface area (Å²) in [5, 5.41) is 10.8. The van der Waals surface area contributed by atoms with Crippen LogP contribution in [-0.2, 0) is 16.6 Å². The molecule has 1 aromatic heterocycles. The second kappa shape index (κ2) is 9.26. The Morgan fingerprint density at radius 3 is 2.50 bits per heavy atom. The number of aromatic nitrogens is 2. The van der Waals surface area contributed by atoms with Gasteiger partial charge in [-0.25, -0.2) is 22.9 Å². The van der Waals surface area contributed by atoms with Crippen molar-refractivity contribution in [3.05, 3.63) is 65.6 Å². The van der Waals surface area contributed by atoms with Gasteiger partial charge in [-0.15, -0.1) is 0 Å². The number of primary sulfonamides is 1. The molecule has 0 bridgehead atoms. The molecule has 3 rings (SSSR count). The number of sulfonamides is 1. The Labute approximate surface area is 184 Å². The summed E-state index contributed by atoms with van der Waals surface area (Å²) < 4.78 is 38.1. The number of nitrogens with one attached hydrogen (secondary N) is 2. The van der Waals surface area contributed by atoms with Gasteiger partial charge in [0.25, 0.3) is 5.91 Å². The van der Waals surface area contributed by atoms with Gasteiger partial charge in [0.2, 0.25) is 16.0 Å². The van der Waals surface area contributed by atoms with Gasteiger partial charge in [0.1, 0.15) is 22.1 Å². The molecule has 32 heavy (non-hydrogen) atoms. The molecule has 0 spiro atoms. The summed E-state index contributed by atoms with van der Waals surface area (Å²) in [6.07, 6.45) is 1.15. The van der Waals surface area contributed by atoms with Crippen molar-refractivity contribution < 1.29 is 17.6 Å². The van der Waals surface area contributed by atoms with Crippen LogP contribution in [-0.4, -0.2) is 43.3 Å². The van der Waals surface area contributed by atoms with Crippen molar-refractivity contribution in [2.75, 3.05) is 24.7 Å². The second-order valence-electron chi connectivity index (χ2n) is 7.16. The molecule has 0 aliphatic heterocycles. The van der Waals surface area contributed by atoms with Crippen LogP contribution in [0.5, 0.6) is 0 Å². The highest BCUT2D eigenvalue weighted by molar-refractivity contribution is 7.89. The van der Waals surface area contributed by atoms with E-state index < -0.39 is 21.7 Å². The fraction of sp³-hybridized carbons (Fsp3) is 0.150. The molecular weight excluding hydrogens is 437 g/mol. The number of benzene rings is 2. The van der Waals surface area contributed by atoms with Crippen molar-refractivity contribution in [1.29, 1.82) is 0 Å². The minimum absolute atomic E-state index is 0.0357. The van der Waals surface area contributed by atoms with E-state index in [-0.39, 0.29) is 33.6 Å². The summed E-state index contributed by atoms with van der Waals surface area (Å²) in [6, 6.07) is 10.4. The van der Waals surface area contributed by atoms with Crippen molar-refractivity contribution >= 4 is 39.1 Å². The van der Waals surface area contributed by atoms with Crippen molar-refractivity contribution in [1.82, 2.24) is 14.9 Å². The molecule has 168 valence electrons. The van der Waals surface area contributed by atoms with E-state index in [1.54, 1.807) is 18.2 Å². The summed E-state index contributed by atoms with van der Waals surface area (Å²) in [6.45, 7) is 0.591. The molecule has 6 N–H and O–H groups in total. The third-order valence-electron chi connectivity index (χ3n) is 4.28. The average molecular weight is 460 g/mol. The number of anilines is 4. The van der Waals surface area contributed by atoms with Crippen molar-refractivity contribution in [3.8, 4) is 0 Å². The zero-order valence-electron chi connectivity index (χ0n) is 17.3. The smallest absolute Gasteiger partial charge is 0.254 e. The number of hydrogen-bond acceptors (Lipinski definition) is 8. The summed E-state index contributed by atoms with van der Waals surface area (Å²) in [4.78, 5) is 21.8. The molecular formula is C20H22FN7O3S. The number of nitrogens with zero attached hydrogens (tertiary/aromatic N) is 3. The lowest BCUT2D eigenvalue weighted by molar-refractivity contribution is 0.100. The van der Waals surface area contributed by atoms with Crippen LogP contribution < -0.4 is 21.5 Å². The molecule has 12 heteroatoms. The highest BCUT2D eigenvalue weighted by Crippen LogP contribution is 2.26. The van der Waals surface area contributed by atoms with Crippen LogP contribution in [0.1, 0.15) is 15.9 Å². The highest BCUT2D eigenvalue weighted by Gasteiger charge is 2.18. The number of nitrogens with two attached hydrogens (primary N) is 2. The molecule has 0 atom stereocenters. The predicted octanol–water partition coefficient (Wildman–Crippen LogP) is 1.91. The van der Waals surface area contributed by atoms with Gasteiger partial charge in [-0.3, -0.25) is 4.79 Å². The Morgan fingerprint density at radius 2 is 1.84 bits per heavy atom. The van der Waals surface area contributed by atoms with Crippen LogP contribution in [0, 0.1) is 5.82 Å².